The number of aromatic nitrogens is 1. The second-order valence-electron chi connectivity index (χ2n) is 4.76. The van der Waals surface area contributed by atoms with E-state index >= 15 is 0 Å². The van der Waals surface area contributed by atoms with E-state index in [-0.39, 0.29) is 36.0 Å². The summed E-state index contributed by atoms with van der Waals surface area (Å²) >= 11 is 3.15. The van der Waals surface area contributed by atoms with Crippen molar-refractivity contribution in [2.24, 2.45) is 7.05 Å². The van der Waals surface area contributed by atoms with E-state index in [1.807, 2.05) is 5.48 Å². The Morgan fingerprint density at radius 3 is 2.80 bits per heavy atom. The fourth-order valence-corrected chi connectivity index (χ4v) is 2.17. The topological polar surface area (TPSA) is 102 Å². The summed E-state index contributed by atoms with van der Waals surface area (Å²) in [4.78, 5) is 28.1. The molecule has 0 aliphatic rings. The van der Waals surface area contributed by atoms with Crippen molar-refractivity contribution in [2.45, 2.75) is 0 Å². The van der Waals surface area contributed by atoms with E-state index in [9.17, 15) is 14.0 Å². The maximum Gasteiger partial charge on any atom is 0.436 e. The van der Waals surface area contributed by atoms with E-state index in [0.29, 0.717) is 4.47 Å². The lowest BCUT2D eigenvalue weighted by Gasteiger charge is -2.16. The molecule has 0 unspecified atom stereocenters. The van der Waals surface area contributed by atoms with Crippen LogP contribution in [0.5, 0.6) is 5.75 Å². The third-order valence-corrected chi connectivity index (χ3v) is 3.51. The van der Waals surface area contributed by atoms with Crippen LogP contribution < -0.4 is 21.1 Å². The Labute approximate surface area is 150 Å². The fourth-order valence-electron chi connectivity index (χ4n) is 1.84. The molecule has 8 nitrogen and oxygen atoms in total. The lowest BCUT2D eigenvalue weighted by molar-refractivity contribution is 0.0246. The molecule has 10 heteroatoms. The van der Waals surface area contributed by atoms with Gasteiger partial charge in [0.25, 0.3) is 5.56 Å². The number of pyridine rings is 1. The molecule has 134 valence electrons. The zero-order valence-corrected chi connectivity index (χ0v) is 14.7. The highest BCUT2D eigenvalue weighted by molar-refractivity contribution is 9.10. The lowest BCUT2D eigenvalue weighted by Crippen LogP contribution is -2.29. The first-order valence-electron chi connectivity index (χ1n) is 7.05. The van der Waals surface area contributed by atoms with E-state index in [1.165, 1.54) is 35.9 Å². The number of benzene rings is 1. The second kappa shape index (κ2) is 8.60. The standard InChI is InChI=1S/C15H15BrFN3O5/c1-20-13(22)5-4-12(25-15(23)19-24-7-6-21)14(20)18-11-3-2-9(16)8-10(11)17/h2-5,8,18,21H,6-7H2,1H3,(H,19,23). The minimum atomic E-state index is -0.966. The number of nitrogens with one attached hydrogen (secondary N) is 2. The monoisotopic (exact) mass is 415 g/mol. The second-order valence-corrected chi connectivity index (χ2v) is 5.67. The third-order valence-electron chi connectivity index (χ3n) is 3.01. The van der Waals surface area contributed by atoms with Crippen LogP contribution in [0.4, 0.5) is 20.7 Å². The Morgan fingerprint density at radius 2 is 2.12 bits per heavy atom. The number of rotatable bonds is 6. The van der Waals surface area contributed by atoms with Gasteiger partial charge >= 0.3 is 6.09 Å². The summed E-state index contributed by atoms with van der Waals surface area (Å²) in [5.41, 5.74) is 1.66. The number of carbonyl (C=O) groups is 1. The number of hydroxylamine groups is 1. The van der Waals surface area contributed by atoms with Gasteiger partial charge in [-0.25, -0.2) is 9.18 Å². The summed E-state index contributed by atoms with van der Waals surface area (Å²) in [5, 5.41) is 11.3. The molecule has 0 atom stereocenters. The van der Waals surface area contributed by atoms with Crippen molar-refractivity contribution in [2.75, 3.05) is 18.5 Å². The molecule has 1 aromatic heterocycles. The van der Waals surface area contributed by atoms with Crippen LogP contribution in [-0.2, 0) is 11.9 Å². The van der Waals surface area contributed by atoms with Gasteiger partial charge in [-0.2, -0.15) is 5.48 Å². The molecule has 0 saturated carbocycles. The van der Waals surface area contributed by atoms with Crippen LogP contribution in [0.1, 0.15) is 0 Å². The first-order chi connectivity index (χ1) is 11.9. The van der Waals surface area contributed by atoms with E-state index in [2.05, 4.69) is 26.1 Å². The smallest absolute Gasteiger partial charge is 0.405 e. The van der Waals surface area contributed by atoms with Gasteiger partial charge in [0.2, 0.25) is 0 Å². The van der Waals surface area contributed by atoms with Gasteiger partial charge in [0.15, 0.2) is 11.6 Å². The predicted molar refractivity (Wildman–Crippen MR) is 91.3 cm³/mol. The van der Waals surface area contributed by atoms with Crippen LogP contribution in [0.15, 0.2) is 39.6 Å². The van der Waals surface area contributed by atoms with Crippen molar-refractivity contribution >= 4 is 33.5 Å². The number of aliphatic hydroxyl groups is 1. The molecule has 0 fully saturated rings. The van der Waals surface area contributed by atoms with Crippen LogP contribution in [0.2, 0.25) is 0 Å². The Morgan fingerprint density at radius 1 is 1.36 bits per heavy atom. The maximum absolute atomic E-state index is 14.0. The van der Waals surface area contributed by atoms with Crippen molar-refractivity contribution in [1.29, 1.82) is 0 Å². The number of anilines is 2. The number of amides is 1. The van der Waals surface area contributed by atoms with Gasteiger partial charge in [0.05, 0.1) is 18.9 Å². The summed E-state index contributed by atoms with van der Waals surface area (Å²) in [6.45, 7) is -0.395. The third kappa shape index (κ3) is 5.02. The van der Waals surface area contributed by atoms with E-state index in [4.69, 9.17) is 9.84 Å². The van der Waals surface area contributed by atoms with Crippen LogP contribution in [0.3, 0.4) is 0 Å². The first-order valence-corrected chi connectivity index (χ1v) is 7.84. The predicted octanol–water partition coefficient (Wildman–Crippen LogP) is 2.04. The zero-order chi connectivity index (χ0) is 18.4. The average molecular weight is 416 g/mol. The molecular weight excluding hydrogens is 401 g/mol. The molecule has 1 heterocycles. The fraction of sp³-hybridized carbons (Fsp3) is 0.200. The van der Waals surface area contributed by atoms with Gasteiger partial charge in [-0.15, -0.1) is 0 Å². The van der Waals surface area contributed by atoms with Gasteiger partial charge in [-0.3, -0.25) is 14.2 Å². The van der Waals surface area contributed by atoms with Crippen LogP contribution in [-0.4, -0.2) is 29.0 Å². The van der Waals surface area contributed by atoms with Gasteiger partial charge in [-0.05, 0) is 24.3 Å². The van der Waals surface area contributed by atoms with Crippen molar-refractivity contribution in [3.8, 4) is 5.75 Å². The quantitative estimate of drug-likeness (QED) is 0.492. The molecule has 0 aliphatic carbocycles. The summed E-state index contributed by atoms with van der Waals surface area (Å²) in [6, 6.07) is 6.79. The van der Waals surface area contributed by atoms with Gasteiger partial charge < -0.3 is 15.2 Å². The Kier molecular flexibility index (Phi) is 6.51. The number of nitrogens with zero attached hydrogens (tertiary/aromatic N) is 1. The van der Waals surface area contributed by atoms with Gasteiger partial charge in [0.1, 0.15) is 5.82 Å². The number of carbonyl (C=O) groups excluding carboxylic acids is 1. The normalized spacial score (nSPS) is 10.4. The largest absolute Gasteiger partial charge is 0.436 e. The summed E-state index contributed by atoms with van der Waals surface area (Å²) in [7, 11) is 1.44. The minimum Gasteiger partial charge on any atom is -0.405 e. The highest BCUT2D eigenvalue weighted by Crippen LogP contribution is 2.28. The van der Waals surface area contributed by atoms with E-state index < -0.39 is 11.9 Å². The van der Waals surface area contributed by atoms with E-state index in [0.717, 1.165) is 0 Å². The molecule has 1 aromatic carbocycles. The Bertz CT molecular complexity index is 827. The van der Waals surface area contributed by atoms with E-state index in [1.54, 1.807) is 6.07 Å². The average Bonchev–Trinajstić information content (AvgIpc) is 2.56. The molecule has 3 N–H and O–H groups in total. The van der Waals surface area contributed by atoms with Crippen LogP contribution in [0.25, 0.3) is 0 Å². The van der Waals surface area contributed by atoms with Crippen molar-refractivity contribution < 1.29 is 23.9 Å². The van der Waals surface area contributed by atoms with Crippen molar-refractivity contribution in [1.82, 2.24) is 10.0 Å². The Balaban J connectivity index is 2.28. The first kappa shape index (κ1) is 18.9. The summed E-state index contributed by atoms with van der Waals surface area (Å²) in [5.74, 6) is -0.507. The number of halogens is 2. The highest BCUT2D eigenvalue weighted by atomic mass is 79.9. The number of ether oxygens (including phenoxy) is 1. The molecule has 0 aliphatic heterocycles. The maximum atomic E-state index is 14.0. The Hall–Kier alpha value is -2.43. The molecular formula is C15H15BrFN3O5. The molecule has 0 spiro atoms. The van der Waals surface area contributed by atoms with Gasteiger partial charge in [0, 0.05) is 17.6 Å². The highest BCUT2D eigenvalue weighted by Gasteiger charge is 2.15. The molecule has 2 rings (SSSR count). The molecule has 1 amide bonds. The molecule has 0 saturated heterocycles. The molecule has 25 heavy (non-hydrogen) atoms. The summed E-state index contributed by atoms with van der Waals surface area (Å²) < 4.78 is 20.8. The molecule has 0 bridgehead atoms. The van der Waals surface area contributed by atoms with Crippen molar-refractivity contribution in [3.63, 3.8) is 0 Å². The van der Waals surface area contributed by atoms with Crippen LogP contribution in [0, 0.1) is 5.82 Å². The lowest BCUT2D eigenvalue weighted by atomic mass is 10.3. The molecule has 0 radical (unpaired) electrons. The number of hydrogen-bond acceptors (Lipinski definition) is 6. The van der Waals surface area contributed by atoms with Gasteiger partial charge in [-0.1, -0.05) is 15.9 Å². The SMILES string of the molecule is Cn1c(Nc2ccc(Br)cc2F)c(OC(=O)NOCCO)ccc1=O. The summed E-state index contributed by atoms with van der Waals surface area (Å²) in [6.07, 6.45) is -0.966. The van der Waals surface area contributed by atoms with Crippen LogP contribution >= 0.6 is 15.9 Å². The number of aliphatic hydroxyl groups excluding tert-OH is 1. The zero-order valence-electron chi connectivity index (χ0n) is 13.1. The number of hydrogen-bond donors (Lipinski definition) is 3. The minimum absolute atomic E-state index is 0.0190. The molecule has 2 aromatic rings. The van der Waals surface area contributed by atoms with Crippen molar-refractivity contribution in [3.05, 3.63) is 51.0 Å².